The molecule has 2 heterocycles. The van der Waals surface area contributed by atoms with Gasteiger partial charge in [-0.05, 0) is 26.3 Å². The van der Waals surface area contributed by atoms with Crippen LogP contribution < -0.4 is 5.48 Å². The highest BCUT2D eigenvalue weighted by Crippen LogP contribution is 2.15. The lowest BCUT2D eigenvalue weighted by Gasteiger charge is -2.23. The van der Waals surface area contributed by atoms with Gasteiger partial charge in [0.2, 0.25) is 0 Å². The molecule has 0 bridgehead atoms. The zero-order valence-corrected chi connectivity index (χ0v) is 11.1. The lowest BCUT2D eigenvalue weighted by atomic mass is 10.2. The van der Waals surface area contributed by atoms with Gasteiger partial charge in [0.05, 0.1) is 12.8 Å². The molecule has 6 heteroatoms. The largest absolute Gasteiger partial charge is 0.295 e. The third-order valence-corrected chi connectivity index (χ3v) is 3.20. The molecule has 0 aromatic carbocycles. The van der Waals surface area contributed by atoms with Crippen LogP contribution in [-0.2, 0) is 17.9 Å². The van der Waals surface area contributed by atoms with Crippen molar-refractivity contribution >= 4 is 5.91 Å². The number of aryl methyl sites for hydroxylation is 1. The summed E-state index contributed by atoms with van der Waals surface area (Å²) in [6.07, 6.45) is 1.05. The van der Waals surface area contributed by atoms with Crippen molar-refractivity contribution in [1.29, 1.82) is 0 Å². The van der Waals surface area contributed by atoms with E-state index in [0.29, 0.717) is 11.7 Å². The molecule has 1 N–H and O–H groups in total. The third-order valence-electron chi connectivity index (χ3n) is 3.20. The van der Waals surface area contributed by atoms with Crippen LogP contribution in [0.5, 0.6) is 0 Å². The Kier molecular flexibility index (Phi) is 3.98. The summed E-state index contributed by atoms with van der Waals surface area (Å²) in [7, 11) is 1.42. The number of amides is 1. The normalized spacial score (nSPS) is 16.4. The fourth-order valence-electron chi connectivity index (χ4n) is 2.18. The predicted octanol–water partition coefficient (Wildman–Crippen LogP) is 0.788. The molecule has 1 amide bonds. The Morgan fingerprint density at radius 2 is 2.28 bits per heavy atom. The maximum Gasteiger partial charge on any atom is 0.295 e. The van der Waals surface area contributed by atoms with E-state index in [9.17, 15) is 4.79 Å². The first kappa shape index (κ1) is 13.0. The number of nitrogens with zero attached hydrogens (tertiary/aromatic N) is 3. The van der Waals surface area contributed by atoms with Crippen LogP contribution in [0.3, 0.4) is 0 Å². The molecule has 6 nitrogen and oxygen atoms in total. The summed E-state index contributed by atoms with van der Waals surface area (Å²) in [5.74, 6) is -0.297. The predicted molar refractivity (Wildman–Crippen MR) is 66.9 cm³/mol. The molecule has 18 heavy (non-hydrogen) atoms. The minimum Gasteiger partial charge on any atom is -0.295 e. The number of carbonyl (C=O) groups is 1. The van der Waals surface area contributed by atoms with Crippen molar-refractivity contribution in [2.24, 2.45) is 0 Å². The summed E-state index contributed by atoms with van der Waals surface area (Å²) in [6, 6.07) is 2.34. The number of rotatable bonds is 3. The molecule has 1 aromatic heterocycles. The van der Waals surface area contributed by atoms with Crippen LogP contribution >= 0.6 is 0 Å². The molecule has 1 aliphatic heterocycles. The van der Waals surface area contributed by atoms with E-state index in [1.165, 1.54) is 7.11 Å². The zero-order chi connectivity index (χ0) is 13.1. The van der Waals surface area contributed by atoms with Gasteiger partial charge in [0.1, 0.15) is 0 Å². The summed E-state index contributed by atoms with van der Waals surface area (Å²) in [5, 5.41) is 4.32. The Hall–Kier alpha value is -1.40. The first-order valence-electron chi connectivity index (χ1n) is 6.26. The molecule has 0 spiro atoms. The van der Waals surface area contributed by atoms with Gasteiger partial charge in [0, 0.05) is 25.7 Å². The monoisotopic (exact) mass is 252 g/mol. The molecule has 0 saturated carbocycles. The fourth-order valence-corrected chi connectivity index (χ4v) is 2.18. The van der Waals surface area contributed by atoms with E-state index in [-0.39, 0.29) is 5.91 Å². The summed E-state index contributed by atoms with van der Waals surface area (Å²) in [6.45, 7) is 7.14. The lowest BCUT2D eigenvalue weighted by molar-refractivity contribution is 0.0531. The minimum absolute atomic E-state index is 0.297. The van der Waals surface area contributed by atoms with Crippen molar-refractivity contribution in [2.45, 2.75) is 39.4 Å². The maximum atomic E-state index is 11.6. The topological polar surface area (TPSA) is 59.4 Å². The highest BCUT2D eigenvalue weighted by atomic mass is 16.6. The third kappa shape index (κ3) is 2.70. The second kappa shape index (κ2) is 5.49. The van der Waals surface area contributed by atoms with Gasteiger partial charge in [0.25, 0.3) is 5.91 Å². The number of hydrogen-bond acceptors (Lipinski definition) is 4. The molecule has 0 radical (unpaired) electrons. The van der Waals surface area contributed by atoms with E-state index in [1.807, 2.05) is 10.7 Å². The van der Waals surface area contributed by atoms with Gasteiger partial charge in [-0.15, -0.1) is 0 Å². The van der Waals surface area contributed by atoms with Gasteiger partial charge < -0.3 is 0 Å². The molecule has 0 atom stereocenters. The van der Waals surface area contributed by atoms with Crippen LogP contribution in [0.2, 0.25) is 0 Å². The standard InChI is InChI=1S/C12H20N4O2/c1-9(2)15-5-4-6-16-10(8-15)7-11(13-16)12(17)14-18-3/h7,9H,4-6,8H2,1-3H3,(H,14,17). The van der Waals surface area contributed by atoms with Crippen molar-refractivity contribution < 1.29 is 9.63 Å². The number of nitrogens with one attached hydrogen (secondary N) is 1. The van der Waals surface area contributed by atoms with Crippen molar-refractivity contribution in [3.8, 4) is 0 Å². The van der Waals surface area contributed by atoms with E-state index in [2.05, 4.69) is 34.2 Å². The van der Waals surface area contributed by atoms with Gasteiger partial charge in [-0.2, -0.15) is 5.10 Å². The maximum absolute atomic E-state index is 11.6. The highest BCUT2D eigenvalue weighted by molar-refractivity contribution is 5.91. The number of carbonyl (C=O) groups excluding carboxylic acids is 1. The second-order valence-corrected chi connectivity index (χ2v) is 4.80. The van der Waals surface area contributed by atoms with Crippen LogP contribution in [-0.4, -0.2) is 40.3 Å². The summed E-state index contributed by atoms with van der Waals surface area (Å²) >= 11 is 0. The first-order valence-corrected chi connectivity index (χ1v) is 6.26. The summed E-state index contributed by atoms with van der Waals surface area (Å²) < 4.78 is 1.92. The van der Waals surface area contributed by atoms with Crippen molar-refractivity contribution in [3.63, 3.8) is 0 Å². The molecule has 0 aliphatic carbocycles. The SMILES string of the molecule is CONC(=O)c1cc2n(n1)CCCN(C(C)C)C2. The lowest BCUT2D eigenvalue weighted by Crippen LogP contribution is -2.30. The van der Waals surface area contributed by atoms with Crippen molar-refractivity contribution in [3.05, 3.63) is 17.5 Å². The average molecular weight is 252 g/mol. The Labute approximate surface area is 107 Å². The van der Waals surface area contributed by atoms with Crippen LogP contribution in [0.25, 0.3) is 0 Å². The highest BCUT2D eigenvalue weighted by Gasteiger charge is 2.20. The molecular formula is C12H20N4O2. The van der Waals surface area contributed by atoms with Crippen molar-refractivity contribution in [1.82, 2.24) is 20.2 Å². The molecule has 100 valence electrons. The van der Waals surface area contributed by atoms with E-state index in [4.69, 9.17) is 0 Å². The molecule has 1 aromatic rings. The number of hydroxylamine groups is 1. The van der Waals surface area contributed by atoms with Crippen LogP contribution in [0.4, 0.5) is 0 Å². The van der Waals surface area contributed by atoms with Gasteiger partial charge in [-0.3, -0.25) is 19.2 Å². The quantitative estimate of drug-likeness (QED) is 0.808. The Bertz CT molecular complexity index is 428. The first-order chi connectivity index (χ1) is 8.61. The molecule has 1 aliphatic rings. The number of aromatic nitrogens is 2. The second-order valence-electron chi connectivity index (χ2n) is 4.80. The molecule has 0 saturated heterocycles. The Morgan fingerprint density at radius 3 is 2.94 bits per heavy atom. The van der Waals surface area contributed by atoms with Crippen LogP contribution in [0.1, 0.15) is 36.5 Å². The molecule has 0 fully saturated rings. The van der Waals surface area contributed by atoms with Gasteiger partial charge in [-0.25, -0.2) is 5.48 Å². The average Bonchev–Trinajstić information content (AvgIpc) is 2.61. The summed E-state index contributed by atoms with van der Waals surface area (Å²) in [4.78, 5) is 18.6. The zero-order valence-electron chi connectivity index (χ0n) is 11.1. The van der Waals surface area contributed by atoms with E-state index in [1.54, 1.807) is 0 Å². The van der Waals surface area contributed by atoms with Crippen LogP contribution in [0, 0.1) is 0 Å². The molecule has 0 unspecified atom stereocenters. The van der Waals surface area contributed by atoms with Gasteiger partial charge in [0.15, 0.2) is 5.69 Å². The van der Waals surface area contributed by atoms with E-state index < -0.39 is 0 Å². The minimum atomic E-state index is -0.297. The van der Waals surface area contributed by atoms with Gasteiger partial charge >= 0.3 is 0 Å². The molecule has 2 rings (SSSR count). The Morgan fingerprint density at radius 1 is 1.50 bits per heavy atom. The van der Waals surface area contributed by atoms with Crippen LogP contribution in [0.15, 0.2) is 6.07 Å². The Balaban J connectivity index is 2.18. The summed E-state index contributed by atoms with van der Waals surface area (Å²) in [5.41, 5.74) is 3.79. The smallest absolute Gasteiger partial charge is 0.295 e. The number of fused-ring (bicyclic) bond motifs is 1. The van der Waals surface area contributed by atoms with E-state index >= 15 is 0 Å². The van der Waals surface area contributed by atoms with E-state index in [0.717, 1.165) is 31.7 Å². The van der Waals surface area contributed by atoms with Gasteiger partial charge in [-0.1, -0.05) is 0 Å². The fraction of sp³-hybridized carbons (Fsp3) is 0.667. The van der Waals surface area contributed by atoms with Crippen molar-refractivity contribution in [2.75, 3.05) is 13.7 Å². The molecular weight excluding hydrogens is 232 g/mol. The number of hydrogen-bond donors (Lipinski definition) is 1.